The van der Waals surface area contributed by atoms with Gasteiger partial charge in [0.25, 0.3) is 0 Å². The van der Waals surface area contributed by atoms with Crippen molar-refractivity contribution in [3.8, 4) is 6.07 Å². The normalized spacial score (nSPS) is 38.3. The Hall–Kier alpha value is -0.590. The number of hydrogen-bond donors (Lipinski definition) is 1. The fourth-order valence-electron chi connectivity index (χ4n) is 1.36. The van der Waals surface area contributed by atoms with Gasteiger partial charge in [-0.15, -0.1) is 0 Å². The lowest BCUT2D eigenvalue weighted by atomic mass is 9.68. The van der Waals surface area contributed by atoms with E-state index in [2.05, 4.69) is 6.07 Å². The first-order chi connectivity index (χ1) is 4.72. The standard InChI is InChI=1S/C7H11NO2/c1-10-5-7(4-8)2-6(9)3-7/h6,9H,2-3,5H2,1H3. The third-order valence-corrected chi connectivity index (χ3v) is 1.91. The van der Waals surface area contributed by atoms with Gasteiger partial charge in [0, 0.05) is 7.11 Å². The molecule has 0 spiro atoms. The summed E-state index contributed by atoms with van der Waals surface area (Å²) in [6.45, 7) is 0.445. The van der Waals surface area contributed by atoms with Crippen LogP contribution in [-0.4, -0.2) is 24.9 Å². The van der Waals surface area contributed by atoms with Gasteiger partial charge in [0.2, 0.25) is 0 Å². The molecule has 1 saturated carbocycles. The summed E-state index contributed by atoms with van der Waals surface area (Å²) in [5, 5.41) is 17.6. The zero-order valence-electron chi connectivity index (χ0n) is 6.00. The second kappa shape index (κ2) is 2.57. The number of nitrogens with zero attached hydrogens (tertiary/aromatic N) is 1. The molecule has 1 rings (SSSR count). The lowest BCUT2D eigenvalue weighted by molar-refractivity contribution is -0.0389. The van der Waals surface area contributed by atoms with Crippen LogP contribution in [0.4, 0.5) is 0 Å². The average Bonchev–Trinajstić information content (AvgIpc) is 1.84. The molecule has 1 aliphatic carbocycles. The summed E-state index contributed by atoms with van der Waals surface area (Å²) >= 11 is 0. The zero-order chi connectivity index (χ0) is 7.61. The van der Waals surface area contributed by atoms with Gasteiger partial charge in [-0.1, -0.05) is 0 Å². The van der Waals surface area contributed by atoms with Crippen LogP contribution < -0.4 is 0 Å². The minimum absolute atomic E-state index is 0.283. The van der Waals surface area contributed by atoms with Gasteiger partial charge in [0.05, 0.1) is 24.2 Å². The predicted molar refractivity (Wildman–Crippen MR) is 35.2 cm³/mol. The van der Waals surface area contributed by atoms with Gasteiger partial charge in [-0.05, 0) is 12.8 Å². The summed E-state index contributed by atoms with van der Waals surface area (Å²) in [6, 6.07) is 2.16. The monoisotopic (exact) mass is 141 g/mol. The lowest BCUT2D eigenvalue weighted by Crippen LogP contribution is -2.42. The summed E-state index contributed by atoms with van der Waals surface area (Å²) in [6.07, 6.45) is 0.851. The van der Waals surface area contributed by atoms with E-state index in [9.17, 15) is 0 Å². The fraction of sp³-hybridized carbons (Fsp3) is 0.857. The van der Waals surface area contributed by atoms with Crippen LogP contribution >= 0.6 is 0 Å². The highest BCUT2D eigenvalue weighted by Gasteiger charge is 2.43. The van der Waals surface area contributed by atoms with E-state index in [0.717, 1.165) is 0 Å². The Morgan fingerprint density at radius 1 is 1.80 bits per heavy atom. The number of hydrogen-bond acceptors (Lipinski definition) is 3. The van der Waals surface area contributed by atoms with Crippen molar-refractivity contribution in [2.45, 2.75) is 18.9 Å². The second-order valence-corrected chi connectivity index (χ2v) is 2.89. The Morgan fingerprint density at radius 3 is 2.70 bits per heavy atom. The van der Waals surface area contributed by atoms with Crippen LogP contribution in [0.1, 0.15) is 12.8 Å². The molecule has 0 aliphatic heterocycles. The van der Waals surface area contributed by atoms with Crippen molar-refractivity contribution in [2.24, 2.45) is 5.41 Å². The van der Waals surface area contributed by atoms with Gasteiger partial charge in [-0.3, -0.25) is 0 Å². The van der Waals surface area contributed by atoms with Crippen molar-refractivity contribution in [1.29, 1.82) is 5.26 Å². The molecular formula is C7H11NO2. The maximum absolute atomic E-state index is 8.93. The number of aliphatic hydroxyl groups excluding tert-OH is 1. The van der Waals surface area contributed by atoms with Crippen molar-refractivity contribution >= 4 is 0 Å². The summed E-state index contributed by atoms with van der Waals surface area (Å²) in [7, 11) is 1.57. The molecule has 10 heavy (non-hydrogen) atoms. The van der Waals surface area contributed by atoms with E-state index in [1.54, 1.807) is 7.11 Å². The molecule has 0 unspecified atom stereocenters. The third kappa shape index (κ3) is 1.13. The van der Waals surface area contributed by atoms with Crippen molar-refractivity contribution in [3.05, 3.63) is 0 Å². The number of ether oxygens (including phenoxy) is 1. The molecule has 0 aromatic rings. The Bertz CT molecular complexity index is 150. The molecule has 0 aromatic carbocycles. The lowest BCUT2D eigenvalue weighted by Gasteiger charge is -2.38. The van der Waals surface area contributed by atoms with Gasteiger partial charge in [-0.25, -0.2) is 0 Å². The fourth-order valence-corrected chi connectivity index (χ4v) is 1.36. The van der Waals surface area contributed by atoms with E-state index < -0.39 is 0 Å². The predicted octanol–water partition coefficient (Wildman–Crippen LogP) is 0.297. The first-order valence-corrected chi connectivity index (χ1v) is 3.31. The summed E-state index contributed by atoms with van der Waals surface area (Å²) in [5.74, 6) is 0. The molecule has 1 aliphatic rings. The summed E-state index contributed by atoms with van der Waals surface area (Å²) < 4.78 is 4.85. The van der Waals surface area contributed by atoms with Gasteiger partial charge in [0.15, 0.2) is 0 Å². The second-order valence-electron chi connectivity index (χ2n) is 2.89. The SMILES string of the molecule is COCC1(C#N)CC(O)C1. The topological polar surface area (TPSA) is 53.2 Å². The van der Waals surface area contributed by atoms with E-state index in [-0.39, 0.29) is 11.5 Å². The van der Waals surface area contributed by atoms with Crippen LogP contribution in [0.25, 0.3) is 0 Å². The van der Waals surface area contributed by atoms with E-state index in [0.29, 0.717) is 19.4 Å². The quantitative estimate of drug-likeness (QED) is 0.601. The number of aliphatic hydroxyl groups is 1. The van der Waals surface area contributed by atoms with Crippen molar-refractivity contribution < 1.29 is 9.84 Å². The molecule has 0 atom stereocenters. The van der Waals surface area contributed by atoms with Crippen LogP contribution in [0.3, 0.4) is 0 Å². The summed E-state index contributed by atoms with van der Waals surface area (Å²) in [4.78, 5) is 0. The maximum atomic E-state index is 8.93. The smallest absolute Gasteiger partial charge is 0.0855 e. The highest BCUT2D eigenvalue weighted by molar-refractivity contribution is 5.08. The molecule has 56 valence electrons. The maximum Gasteiger partial charge on any atom is 0.0855 e. The van der Waals surface area contributed by atoms with Crippen LogP contribution in [-0.2, 0) is 4.74 Å². The zero-order valence-corrected chi connectivity index (χ0v) is 6.00. The molecule has 0 aromatic heterocycles. The van der Waals surface area contributed by atoms with Gasteiger partial charge >= 0.3 is 0 Å². The molecular weight excluding hydrogens is 130 g/mol. The molecule has 0 bridgehead atoms. The molecule has 1 N–H and O–H groups in total. The van der Waals surface area contributed by atoms with Crippen molar-refractivity contribution in [3.63, 3.8) is 0 Å². The molecule has 0 radical (unpaired) electrons. The Morgan fingerprint density at radius 2 is 2.40 bits per heavy atom. The first kappa shape index (κ1) is 7.52. The van der Waals surface area contributed by atoms with Crippen LogP contribution in [0.5, 0.6) is 0 Å². The average molecular weight is 141 g/mol. The van der Waals surface area contributed by atoms with E-state index in [1.165, 1.54) is 0 Å². The minimum atomic E-state index is -0.381. The number of methoxy groups -OCH3 is 1. The highest BCUT2D eigenvalue weighted by Crippen LogP contribution is 2.40. The minimum Gasteiger partial charge on any atom is -0.393 e. The van der Waals surface area contributed by atoms with E-state index >= 15 is 0 Å². The van der Waals surface area contributed by atoms with E-state index in [1.807, 2.05) is 0 Å². The molecule has 0 amide bonds. The Labute approximate surface area is 60.2 Å². The molecule has 1 fully saturated rings. The van der Waals surface area contributed by atoms with Crippen molar-refractivity contribution in [1.82, 2.24) is 0 Å². The van der Waals surface area contributed by atoms with Crippen LogP contribution in [0.15, 0.2) is 0 Å². The van der Waals surface area contributed by atoms with Gasteiger partial charge < -0.3 is 9.84 Å². The Balaban J connectivity index is 2.42. The molecule has 0 heterocycles. The highest BCUT2D eigenvalue weighted by atomic mass is 16.5. The van der Waals surface area contributed by atoms with Gasteiger partial charge in [-0.2, -0.15) is 5.26 Å². The first-order valence-electron chi connectivity index (χ1n) is 3.31. The third-order valence-electron chi connectivity index (χ3n) is 1.91. The number of rotatable bonds is 2. The van der Waals surface area contributed by atoms with Crippen LogP contribution in [0, 0.1) is 16.7 Å². The molecule has 3 nitrogen and oxygen atoms in total. The largest absolute Gasteiger partial charge is 0.393 e. The Kier molecular flexibility index (Phi) is 1.93. The van der Waals surface area contributed by atoms with E-state index in [4.69, 9.17) is 15.1 Å². The number of nitriles is 1. The van der Waals surface area contributed by atoms with Crippen molar-refractivity contribution in [2.75, 3.05) is 13.7 Å². The molecule has 3 heteroatoms. The van der Waals surface area contributed by atoms with Crippen LogP contribution in [0.2, 0.25) is 0 Å². The molecule has 0 saturated heterocycles. The summed E-state index contributed by atoms with van der Waals surface area (Å²) in [5.41, 5.74) is -0.381. The van der Waals surface area contributed by atoms with Gasteiger partial charge in [0.1, 0.15) is 0 Å².